The first-order chi connectivity index (χ1) is 12.1. The molecular weight excluding hydrogens is 336 g/mol. The fourth-order valence-electron chi connectivity index (χ4n) is 3.75. The maximum atomic E-state index is 13.0. The van der Waals surface area contributed by atoms with E-state index in [1.807, 2.05) is 11.8 Å². The quantitative estimate of drug-likeness (QED) is 0.771. The number of carbonyl (C=O) groups is 2. The lowest BCUT2D eigenvalue weighted by molar-refractivity contribution is -0.144. The zero-order chi connectivity index (χ0) is 17.8. The molecule has 138 valence electrons. The molecular formula is C19H28N2O3S. The third kappa shape index (κ3) is 4.42. The lowest BCUT2D eigenvalue weighted by atomic mass is 9.88. The first-order valence-electron chi connectivity index (χ1n) is 9.35. The summed E-state index contributed by atoms with van der Waals surface area (Å²) in [4.78, 5) is 30.2. The lowest BCUT2D eigenvalue weighted by Crippen LogP contribution is -2.37. The van der Waals surface area contributed by atoms with Crippen molar-refractivity contribution in [1.82, 2.24) is 9.80 Å². The highest BCUT2D eigenvalue weighted by Gasteiger charge is 2.27. The van der Waals surface area contributed by atoms with Gasteiger partial charge in [-0.25, -0.2) is 0 Å². The van der Waals surface area contributed by atoms with E-state index in [1.54, 1.807) is 11.3 Å². The van der Waals surface area contributed by atoms with E-state index < -0.39 is 0 Å². The molecule has 1 unspecified atom stereocenters. The smallest absolute Gasteiger partial charge is 0.320 e. The highest BCUT2D eigenvalue weighted by molar-refractivity contribution is 7.10. The minimum atomic E-state index is -0.177. The Bertz CT molecular complexity index is 628. The van der Waals surface area contributed by atoms with Gasteiger partial charge in [-0.15, -0.1) is 11.3 Å². The van der Waals surface area contributed by atoms with Gasteiger partial charge < -0.3 is 9.64 Å². The molecule has 2 heterocycles. The Balaban J connectivity index is 1.61. The Hall–Kier alpha value is -1.40. The number of rotatable bonds is 4. The van der Waals surface area contributed by atoms with Gasteiger partial charge in [0.25, 0.3) is 5.91 Å². The summed E-state index contributed by atoms with van der Waals surface area (Å²) in [5.74, 6) is 0.720. The highest BCUT2D eigenvalue weighted by Crippen LogP contribution is 2.33. The maximum Gasteiger partial charge on any atom is 0.320 e. The second-order valence-corrected chi connectivity index (χ2v) is 8.09. The summed E-state index contributed by atoms with van der Waals surface area (Å²) in [5.41, 5.74) is 2.21. The molecule has 1 aliphatic carbocycles. The molecule has 0 N–H and O–H groups in total. The van der Waals surface area contributed by atoms with Crippen molar-refractivity contribution in [3.8, 4) is 0 Å². The molecule has 5 nitrogen and oxygen atoms in total. The Labute approximate surface area is 153 Å². The number of esters is 1. The molecule has 1 amide bonds. The first kappa shape index (κ1) is 18.4. The Morgan fingerprint density at radius 1 is 1.28 bits per heavy atom. The molecule has 1 aromatic heterocycles. The predicted molar refractivity (Wildman–Crippen MR) is 99.1 cm³/mol. The molecule has 1 aromatic rings. The van der Waals surface area contributed by atoms with Crippen LogP contribution in [0.2, 0.25) is 0 Å². The monoisotopic (exact) mass is 364 g/mol. The van der Waals surface area contributed by atoms with Gasteiger partial charge in [0.2, 0.25) is 0 Å². The van der Waals surface area contributed by atoms with E-state index in [9.17, 15) is 9.59 Å². The zero-order valence-corrected chi connectivity index (χ0v) is 16.1. The van der Waals surface area contributed by atoms with Crippen LogP contribution in [0, 0.1) is 5.92 Å². The Morgan fingerprint density at radius 3 is 2.92 bits per heavy atom. The van der Waals surface area contributed by atoms with Crippen LogP contribution in [-0.2, 0) is 22.4 Å². The second kappa shape index (κ2) is 8.32. The third-order valence-electron chi connectivity index (χ3n) is 5.17. The van der Waals surface area contributed by atoms with Crippen molar-refractivity contribution in [2.24, 2.45) is 5.92 Å². The summed E-state index contributed by atoms with van der Waals surface area (Å²) < 4.78 is 5.03. The van der Waals surface area contributed by atoms with Gasteiger partial charge in [0.05, 0.1) is 18.7 Å². The summed E-state index contributed by atoms with van der Waals surface area (Å²) in [6.07, 6.45) is 4.22. The van der Waals surface area contributed by atoms with Gasteiger partial charge >= 0.3 is 5.97 Å². The summed E-state index contributed by atoms with van der Waals surface area (Å²) in [6.45, 7) is 7.86. The van der Waals surface area contributed by atoms with Crippen LogP contribution >= 0.6 is 11.3 Å². The molecule has 2 aliphatic rings. The Morgan fingerprint density at radius 2 is 2.12 bits per heavy atom. The van der Waals surface area contributed by atoms with Crippen LogP contribution in [0.3, 0.4) is 0 Å². The van der Waals surface area contributed by atoms with Gasteiger partial charge in [0.15, 0.2) is 0 Å². The fourth-order valence-corrected chi connectivity index (χ4v) is 4.99. The van der Waals surface area contributed by atoms with E-state index in [4.69, 9.17) is 4.74 Å². The molecule has 0 aromatic carbocycles. The molecule has 0 radical (unpaired) electrons. The first-order valence-corrected chi connectivity index (χ1v) is 10.2. The molecule has 0 spiro atoms. The minimum absolute atomic E-state index is 0.171. The SMILES string of the molecule is CCOC(=O)CN1CCCN(C(=O)c2csc3c2CCC(C)C3)CC1. The maximum absolute atomic E-state index is 13.0. The zero-order valence-electron chi connectivity index (χ0n) is 15.3. The van der Waals surface area contributed by atoms with E-state index in [0.29, 0.717) is 19.7 Å². The van der Waals surface area contributed by atoms with E-state index in [1.165, 1.54) is 16.9 Å². The van der Waals surface area contributed by atoms with Gasteiger partial charge in [-0.2, -0.15) is 0 Å². The van der Waals surface area contributed by atoms with Gasteiger partial charge in [-0.05, 0) is 44.1 Å². The lowest BCUT2D eigenvalue weighted by Gasteiger charge is -2.23. The number of thiophene rings is 1. The van der Waals surface area contributed by atoms with Crippen LogP contribution in [0.1, 0.15) is 47.5 Å². The summed E-state index contributed by atoms with van der Waals surface area (Å²) in [5, 5.41) is 2.06. The summed E-state index contributed by atoms with van der Waals surface area (Å²) in [6, 6.07) is 0. The average Bonchev–Trinajstić information content (AvgIpc) is 2.85. The van der Waals surface area contributed by atoms with Crippen molar-refractivity contribution in [1.29, 1.82) is 0 Å². The van der Waals surface area contributed by atoms with Crippen molar-refractivity contribution < 1.29 is 14.3 Å². The van der Waals surface area contributed by atoms with E-state index in [-0.39, 0.29) is 11.9 Å². The third-order valence-corrected chi connectivity index (χ3v) is 6.22. The molecule has 1 aliphatic heterocycles. The predicted octanol–water partition coefficient (Wildman–Crippen LogP) is 2.58. The molecule has 1 atom stereocenters. The number of ether oxygens (including phenoxy) is 1. The van der Waals surface area contributed by atoms with E-state index in [2.05, 4.69) is 17.2 Å². The van der Waals surface area contributed by atoms with Crippen molar-refractivity contribution in [3.05, 3.63) is 21.4 Å². The second-order valence-electron chi connectivity index (χ2n) is 7.13. The van der Waals surface area contributed by atoms with Crippen LogP contribution < -0.4 is 0 Å². The van der Waals surface area contributed by atoms with Gasteiger partial charge in [0.1, 0.15) is 0 Å². The van der Waals surface area contributed by atoms with E-state index >= 15 is 0 Å². The minimum Gasteiger partial charge on any atom is -0.465 e. The largest absolute Gasteiger partial charge is 0.465 e. The van der Waals surface area contributed by atoms with Gasteiger partial charge in [-0.1, -0.05) is 6.92 Å². The van der Waals surface area contributed by atoms with Crippen LogP contribution in [0.25, 0.3) is 0 Å². The van der Waals surface area contributed by atoms with Crippen molar-refractivity contribution >= 4 is 23.2 Å². The summed E-state index contributed by atoms with van der Waals surface area (Å²) >= 11 is 1.75. The summed E-state index contributed by atoms with van der Waals surface area (Å²) in [7, 11) is 0. The Kier molecular flexibility index (Phi) is 6.12. The van der Waals surface area contributed by atoms with Crippen LogP contribution in [-0.4, -0.2) is 61.0 Å². The molecule has 0 saturated carbocycles. The average molecular weight is 365 g/mol. The van der Waals surface area contributed by atoms with Crippen LogP contribution in [0.5, 0.6) is 0 Å². The molecule has 0 bridgehead atoms. The number of hydrogen-bond acceptors (Lipinski definition) is 5. The van der Waals surface area contributed by atoms with Crippen molar-refractivity contribution in [2.75, 3.05) is 39.3 Å². The topological polar surface area (TPSA) is 49.9 Å². The molecule has 3 rings (SSSR count). The van der Waals surface area contributed by atoms with Crippen LogP contribution in [0.15, 0.2) is 5.38 Å². The van der Waals surface area contributed by atoms with Gasteiger partial charge in [0, 0.05) is 36.4 Å². The van der Waals surface area contributed by atoms with Crippen molar-refractivity contribution in [2.45, 2.75) is 39.5 Å². The normalized spacial score (nSPS) is 21.5. The van der Waals surface area contributed by atoms with Crippen LogP contribution in [0.4, 0.5) is 0 Å². The number of carbonyl (C=O) groups excluding carboxylic acids is 2. The molecule has 25 heavy (non-hydrogen) atoms. The highest BCUT2D eigenvalue weighted by atomic mass is 32.1. The molecule has 6 heteroatoms. The molecule has 1 fully saturated rings. The number of hydrogen-bond donors (Lipinski definition) is 0. The number of fused-ring (bicyclic) bond motifs is 1. The van der Waals surface area contributed by atoms with Gasteiger partial charge in [-0.3, -0.25) is 14.5 Å². The van der Waals surface area contributed by atoms with E-state index in [0.717, 1.165) is 50.4 Å². The standard InChI is InChI=1S/C19H28N2O3S/c1-3-24-18(22)12-20-7-4-8-21(10-9-20)19(23)16-13-25-17-11-14(2)5-6-15(16)17/h13-14H,3-12H2,1-2H3. The molecule has 1 saturated heterocycles. The fraction of sp³-hybridized carbons (Fsp3) is 0.684. The van der Waals surface area contributed by atoms with Crippen molar-refractivity contribution in [3.63, 3.8) is 0 Å². The number of nitrogens with zero attached hydrogens (tertiary/aromatic N) is 2. The number of amides is 1.